The number of aliphatic hydroxyl groups is 1. The molecule has 11 heteroatoms. The highest BCUT2D eigenvalue weighted by Gasteiger charge is 2.38. The number of aromatic amines is 1. The predicted octanol–water partition coefficient (Wildman–Crippen LogP) is 3.90. The van der Waals surface area contributed by atoms with E-state index in [1.54, 1.807) is 12.3 Å². The van der Waals surface area contributed by atoms with Crippen LogP contribution in [0.25, 0.3) is 5.82 Å². The van der Waals surface area contributed by atoms with E-state index < -0.39 is 11.4 Å². The van der Waals surface area contributed by atoms with Crippen molar-refractivity contribution in [3.05, 3.63) is 77.3 Å². The van der Waals surface area contributed by atoms with Crippen LogP contribution in [-0.2, 0) is 10.4 Å². The number of aryl methyl sites for hydroxylation is 2. The van der Waals surface area contributed by atoms with Gasteiger partial charge in [0.15, 0.2) is 17.5 Å². The van der Waals surface area contributed by atoms with Gasteiger partial charge in [-0.3, -0.25) is 9.89 Å². The number of nitrogens with two attached hydrogens (primary N) is 1. The molecule has 0 unspecified atom stereocenters. The minimum Gasteiger partial charge on any atom is -0.384 e. The monoisotopic (exact) mass is 518 g/mol. The number of rotatable bonds is 7. The van der Waals surface area contributed by atoms with Crippen molar-refractivity contribution < 1.29 is 14.3 Å². The van der Waals surface area contributed by atoms with Gasteiger partial charge in [0.1, 0.15) is 11.4 Å². The Hall–Kier alpha value is -4.12. The zero-order chi connectivity index (χ0) is 27.0. The number of H-pyrrole nitrogens is 1. The second-order valence-corrected chi connectivity index (χ2v) is 10.1. The fourth-order valence-electron chi connectivity index (χ4n) is 5.04. The second-order valence-electron chi connectivity index (χ2n) is 10.1. The van der Waals surface area contributed by atoms with Crippen molar-refractivity contribution in [3.8, 4) is 5.82 Å². The van der Waals surface area contributed by atoms with Crippen LogP contribution in [0.1, 0.15) is 61.2 Å². The number of hydrogen-bond donors (Lipinski definition) is 3. The van der Waals surface area contributed by atoms with Gasteiger partial charge in [0.2, 0.25) is 5.91 Å². The molecule has 38 heavy (non-hydrogen) atoms. The van der Waals surface area contributed by atoms with Crippen molar-refractivity contribution >= 4 is 17.5 Å². The van der Waals surface area contributed by atoms with E-state index >= 15 is 0 Å². The average molecular weight is 519 g/mol. The first-order valence-corrected chi connectivity index (χ1v) is 12.6. The lowest BCUT2D eigenvalue weighted by molar-refractivity contribution is -0.125. The third-order valence-electron chi connectivity index (χ3n) is 7.26. The lowest BCUT2D eigenvalue weighted by Crippen LogP contribution is -2.37. The number of aromatic nitrogens is 6. The number of hydrogen-bond acceptors (Lipinski definition) is 7. The summed E-state index contributed by atoms with van der Waals surface area (Å²) >= 11 is 0. The normalized spacial score (nSPS) is 20.3. The summed E-state index contributed by atoms with van der Waals surface area (Å²) in [5.41, 5.74) is 7.63. The summed E-state index contributed by atoms with van der Waals surface area (Å²) in [5, 5.41) is 23.0. The molecule has 1 aliphatic carbocycles. The van der Waals surface area contributed by atoms with Crippen molar-refractivity contribution in [2.75, 3.05) is 4.90 Å². The Morgan fingerprint density at radius 1 is 1.21 bits per heavy atom. The third-order valence-corrected chi connectivity index (χ3v) is 7.26. The summed E-state index contributed by atoms with van der Waals surface area (Å²) in [6.07, 6.45) is 5.99. The third kappa shape index (κ3) is 5.01. The number of anilines is 2. The topological polar surface area (TPSA) is 139 Å². The lowest BCUT2D eigenvalue weighted by Gasteiger charge is -2.36. The van der Waals surface area contributed by atoms with Crippen LogP contribution in [0.5, 0.6) is 0 Å². The number of carbonyl (C=O) groups excluding carboxylic acids is 1. The Balaban J connectivity index is 1.50. The van der Waals surface area contributed by atoms with E-state index in [0.717, 1.165) is 23.0 Å². The standard InChI is InChI=1S/C27H31FN8O2/c1-16-10-22(27(38)8-6-19(7-9-27)26(29)37)32-24(11-16)36(25-12-17(2)33-34-25)18(3)20-4-5-23(30-13-20)35-15-21(28)14-31-35/h4-5,10-15,18-19,38H,6-9H2,1-3H3,(H2,29,37)(H,33,34)/t18-,19?,27?/m0/s1. The van der Waals surface area contributed by atoms with Crippen LogP contribution in [-0.4, -0.2) is 41.0 Å². The lowest BCUT2D eigenvalue weighted by atomic mass is 9.76. The largest absolute Gasteiger partial charge is 0.384 e. The van der Waals surface area contributed by atoms with Gasteiger partial charge in [-0.15, -0.1) is 0 Å². The molecule has 5 rings (SSSR count). The Morgan fingerprint density at radius 2 is 1.97 bits per heavy atom. The molecular formula is C27H31FN8O2. The summed E-state index contributed by atoms with van der Waals surface area (Å²) in [4.78, 5) is 23.1. The number of nitrogens with zero attached hydrogens (tertiary/aromatic N) is 6. The number of amides is 1. The van der Waals surface area contributed by atoms with Crippen LogP contribution >= 0.6 is 0 Å². The van der Waals surface area contributed by atoms with E-state index in [2.05, 4.69) is 20.3 Å². The van der Waals surface area contributed by atoms with Gasteiger partial charge in [0, 0.05) is 23.9 Å². The maximum Gasteiger partial charge on any atom is 0.220 e. The van der Waals surface area contributed by atoms with E-state index in [1.807, 2.05) is 49.9 Å². The number of halogens is 1. The average Bonchev–Trinajstić information content (AvgIpc) is 3.52. The molecule has 198 valence electrons. The molecule has 0 saturated heterocycles. The Bertz CT molecular complexity index is 1440. The molecule has 0 aromatic carbocycles. The molecular weight excluding hydrogens is 487 g/mol. The molecule has 4 N–H and O–H groups in total. The molecule has 1 fully saturated rings. The van der Waals surface area contributed by atoms with Gasteiger partial charge in [0.05, 0.1) is 24.1 Å². The highest BCUT2D eigenvalue weighted by molar-refractivity contribution is 5.76. The summed E-state index contributed by atoms with van der Waals surface area (Å²) in [7, 11) is 0. The van der Waals surface area contributed by atoms with Crippen LogP contribution in [0, 0.1) is 25.6 Å². The van der Waals surface area contributed by atoms with Gasteiger partial charge >= 0.3 is 0 Å². The Morgan fingerprint density at radius 3 is 2.55 bits per heavy atom. The van der Waals surface area contributed by atoms with Crippen molar-refractivity contribution in [2.24, 2.45) is 11.7 Å². The first kappa shape index (κ1) is 25.5. The number of nitrogens with one attached hydrogen (secondary N) is 1. The predicted molar refractivity (Wildman–Crippen MR) is 139 cm³/mol. The van der Waals surface area contributed by atoms with Crippen LogP contribution in [0.4, 0.5) is 16.0 Å². The highest BCUT2D eigenvalue weighted by atomic mass is 19.1. The fraction of sp³-hybridized carbons (Fsp3) is 0.370. The van der Waals surface area contributed by atoms with Crippen molar-refractivity contribution in [1.29, 1.82) is 0 Å². The number of pyridine rings is 2. The molecule has 10 nitrogen and oxygen atoms in total. The Kier molecular flexibility index (Phi) is 6.70. The zero-order valence-electron chi connectivity index (χ0n) is 21.6. The minimum absolute atomic E-state index is 0.225. The van der Waals surface area contributed by atoms with Crippen molar-refractivity contribution in [2.45, 2.75) is 58.1 Å². The number of primary amides is 1. The first-order chi connectivity index (χ1) is 18.1. The molecule has 0 spiro atoms. The second kappa shape index (κ2) is 9.97. The number of carbonyl (C=O) groups is 1. The van der Waals surface area contributed by atoms with Crippen LogP contribution < -0.4 is 10.6 Å². The first-order valence-electron chi connectivity index (χ1n) is 12.6. The van der Waals surface area contributed by atoms with E-state index in [9.17, 15) is 14.3 Å². The highest BCUT2D eigenvalue weighted by Crippen LogP contribution is 2.41. The SMILES string of the molecule is Cc1cc(N(c2cc(C)[nH]n2)[C@@H](C)c2ccc(-n3cc(F)cn3)nc2)nc(C2(O)CCC(C(N)=O)CC2)c1. The maximum atomic E-state index is 13.4. The molecule has 1 aliphatic rings. The summed E-state index contributed by atoms with van der Waals surface area (Å²) in [5.74, 6) is 0.810. The molecule has 0 bridgehead atoms. The van der Waals surface area contributed by atoms with Crippen LogP contribution in [0.15, 0.2) is 48.9 Å². The van der Waals surface area contributed by atoms with Gasteiger partial charge in [-0.25, -0.2) is 19.0 Å². The van der Waals surface area contributed by atoms with Gasteiger partial charge in [-0.2, -0.15) is 10.2 Å². The van der Waals surface area contributed by atoms with Gasteiger partial charge < -0.3 is 15.7 Å². The zero-order valence-corrected chi connectivity index (χ0v) is 21.6. The van der Waals surface area contributed by atoms with Crippen LogP contribution in [0.3, 0.4) is 0 Å². The molecule has 1 amide bonds. The van der Waals surface area contributed by atoms with E-state index in [1.165, 1.54) is 10.9 Å². The fourth-order valence-corrected chi connectivity index (χ4v) is 5.04. The van der Waals surface area contributed by atoms with Gasteiger partial charge in [-0.1, -0.05) is 6.07 Å². The minimum atomic E-state index is -1.15. The van der Waals surface area contributed by atoms with E-state index in [0.29, 0.717) is 48.8 Å². The Labute approximate surface area is 219 Å². The molecule has 0 radical (unpaired) electrons. The van der Waals surface area contributed by atoms with E-state index in [-0.39, 0.29) is 17.9 Å². The smallest absolute Gasteiger partial charge is 0.220 e. The van der Waals surface area contributed by atoms with Crippen molar-refractivity contribution in [3.63, 3.8) is 0 Å². The quantitative estimate of drug-likeness (QED) is 0.337. The molecule has 4 heterocycles. The maximum absolute atomic E-state index is 13.4. The molecule has 1 saturated carbocycles. The van der Waals surface area contributed by atoms with E-state index in [4.69, 9.17) is 10.7 Å². The summed E-state index contributed by atoms with van der Waals surface area (Å²) in [6, 6.07) is 9.23. The molecule has 0 aliphatic heterocycles. The molecule has 4 aromatic rings. The summed E-state index contributed by atoms with van der Waals surface area (Å²) in [6.45, 7) is 5.91. The van der Waals surface area contributed by atoms with Crippen LogP contribution in [0.2, 0.25) is 0 Å². The van der Waals surface area contributed by atoms with Gasteiger partial charge in [0.25, 0.3) is 0 Å². The summed E-state index contributed by atoms with van der Waals surface area (Å²) < 4.78 is 14.8. The molecule has 4 aromatic heterocycles. The van der Waals surface area contributed by atoms with Gasteiger partial charge in [-0.05, 0) is 75.8 Å². The van der Waals surface area contributed by atoms with Crippen molar-refractivity contribution in [1.82, 2.24) is 29.9 Å². The molecule has 1 atom stereocenters.